The summed E-state index contributed by atoms with van der Waals surface area (Å²) in [5.74, 6) is -1.73. The van der Waals surface area contributed by atoms with Crippen LogP contribution < -0.4 is 16.0 Å². The smallest absolute Gasteiger partial charge is 0.251 e. The first-order valence-electron chi connectivity index (χ1n) is 7.82. The van der Waals surface area contributed by atoms with Crippen LogP contribution in [0, 0.1) is 11.2 Å². The summed E-state index contributed by atoms with van der Waals surface area (Å²) in [6.07, 6.45) is 0.546. The van der Waals surface area contributed by atoms with Gasteiger partial charge in [-0.2, -0.15) is 0 Å². The third-order valence-electron chi connectivity index (χ3n) is 3.80. The van der Waals surface area contributed by atoms with Crippen LogP contribution in [-0.2, 0) is 16.0 Å². The lowest BCUT2D eigenvalue weighted by molar-refractivity contribution is -0.131. The number of amides is 3. The summed E-state index contributed by atoms with van der Waals surface area (Å²) in [5.41, 5.74) is 0.254. The predicted molar refractivity (Wildman–Crippen MR) is 88.1 cm³/mol. The summed E-state index contributed by atoms with van der Waals surface area (Å²) >= 11 is 0. The molecule has 1 atom stereocenters. The van der Waals surface area contributed by atoms with E-state index in [0.717, 1.165) is 0 Å². The molecule has 1 unspecified atom stereocenters. The Hall–Kier alpha value is -2.44. The number of hydrogen-bond donors (Lipinski definition) is 3. The van der Waals surface area contributed by atoms with Crippen LogP contribution in [0.3, 0.4) is 0 Å². The molecule has 0 fully saturated rings. The molecule has 2 rings (SSSR count). The normalized spacial score (nSPS) is 15.1. The monoisotopic (exact) mass is 335 g/mol. The van der Waals surface area contributed by atoms with Gasteiger partial charge in [0.15, 0.2) is 0 Å². The van der Waals surface area contributed by atoms with Crippen molar-refractivity contribution in [3.05, 3.63) is 29.1 Å². The van der Waals surface area contributed by atoms with Crippen molar-refractivity contribution < 1.29 is 18.8 Å². The lowest BCUT2D eigenvalue weighted by atomic mass is 9.95. The Morgan fingerprint density at radius 1 is 1.29 bits per heavy atom. The molecule has 1 aromatic rings. The SMILES string of the molecule is CC(NC(=O)C(C)(C)C)C(=O)Nc1cc2c(cc1F)CCNC2=O. The van der Waals surface area contributed by atoms with E-state index in [1.54, 1.807) is 20.8 Å². The molecule has 3 N–H and O–H groups in total. The molecule has 1 aliphatic rings. The molecular weight excluding hydrogens is 313 g/mol. The highest BCUT2D eigenvalue weighted by molar-refractivity contribution is 6.01. The molecule has 0 bridgehead atoms. The Morgan fingerprint density at radius 3 is 2.58 bits per heavy atom. The van der Waals surface area contributed by atoms with Crippen LogP contribution in [0.15, 0.2) is 12.1 Å². The summed E-state index contributed by atoms with van der Waals surface area (Å²) in [7, 11) is 0. The minimum absolute atomic E-state index is 0.0762. The fourth-order valence-corrected chi connectivity index (χ4v) is 2.25. The highest BCUT2D eigenvalue weighted by atomic mass is 19.1. The summed E-state index contributed by atoms with van der Waals surface area (Å²) < 4.78 is 14.1. The summed E-state index contributed by atoms with van der Waals surface area (Å²) in [4.78, 5) is 35.9. The third kappa shape index (κ3) is 3.90. The van der Waals surface area contributed by atoms with Crippen molar-refractivity contribution in [1.82, 2.24) is 10.6 Å². The van der Waals surface area contributed by atoms with Crippen molar-refractivity contribution in [2.45, 2.75) is 40.2 Å². The molecule has 1 aromatic carbocycles. The van der Waals surface area contributed by atoms with E-state index in [1.807, 2.05) is 0 Å². The average molecular weight is 335 g/mol. The second-order valence-electron chi connectivity index (χ2n) is 6.93. The van der Waals surface area contributed by atoms with Crippen LogP contribution in [0.5, 0.6) is 0 Å². The molecule has 0 radical (unpaired) electrons. The van der Waals surface area contributed by atoms with E-state index >= 15 is 0 Å². The molecule has 0 aliphatic carbocycles. The van der Waals surface area contributed by atoms with Crippen LogP contribution in [0.2, 0.25) is 0 Å². The number of carbonyl (C=O) groups excluding carboxylic acids is 3. The van der Waals surface area contributed by atoms with Gasteiger partial charge in [-0.15, -0.1) is 0 Å². The number of hydrogen-bond acceptors (Lipinski definition) is 3. The number of fused-ring (bicyclic) bond motifs is 1. The molecule has 0 aromatic heterocycles. The largest absolute Gasteiger partial charge is 0.352 e. The topological polar surface area (TPSA) is 87.3 Å². The quantitative estimate of drug-likeness (QED) is 0.784. The zero-order valence-electron chi connectivity index (χ0n) is 14.2. The predicted octanol–water partition coefficient (Wildman–Crippen LogP) is 1.60. The minimum Gasteiger partial charge on any atom is -0.352 e. The summed E-state index contributed by atoms with van der Waals surface area (Å²) in [5, 5.41) is 7.68. The van der Waals surface area contributed by atoms with Crippen molar-refractivity contribution in [2.75, 3.05) is 11.9 Å². The van der Waals surface area contributed by atoms with Gasteiger partial charge in [0.25, 0.3) is 5.91 Å². The molecule has 1 aliphatic heterocycles. The second-order valence-corrected chi connectivity index (χ2v) is 6.93. The second kappa shape index (κ2) is 6.59. The van der Waals surface area contributed by atoms with Gasteiger partial charge in [0.2, 0.25) is 11.8 Å². The minimum atomic E-state index is -0.832. The van der Waals surface area contributed by atoms with Crippen molar-refractivity contribution in [1.29, 1.82) is 0 Å². The molecule has 1 heterocycles. The zero-order chi connectivity index (χ0) is 18.1. The lowest BCUT2D eigenvalue weighted by Crippen LogP contribution is -2.46. The van der Waals surface area contributed by atoms with Crippen molar-refractivity contribution >= 4 is 23.4 Å². The van der Waals surface area contributed by atoms with E-state index in [1.165, 1.54) is 19.1 Å². The van der Waals surface area contributed by atoms with Gasteiger partial charge in [0.05, 0.1) is 5.69 Å². The average Bonchev–Trinajstić information content (AvgIpc) is 2.47. The standard InChI is InChI=1S/C17H22FN3O3/c1-9(20-16(24)17(2,3)4)14(22)21-13-8-11-10(7-12(13)18)5-6-19-15(11)23/h7-9H,5-6H2,1-4H3,(H,19,23)(H,20,24)(H,21,22). The van der Waals surface area contributed by atoms with Gasteiger partial charge in [-0.1, -0.05) is 20.8 Å². The molecule has 0 saturated heterocycles. The first kappa shape index (κ1) is 17.9. The Bertz CT molecular complexity index is 695. The number of anilines is 1. The summed E-state index contributed by atoms with van der Waals surface area (Å²) in [6.45, 7) is 7.17. The molecule has 24 heavy (non-hydrogen) atoms. The van der Waals surface area contributed by atoms with E-state index in [2.05, 4.69) is 16.0 Å². The van der Waals surface area contributed by atoms with Gasteiger partial charge >= 0.3 is 0 Å². The number of nitrogens with one attached hydrogen (secondary N) is 3. The Kier molecular flexibility index (Phi) is 4.91. The number of carbonyl (C=O) groups is 3. The number of halogens is 1. The van der Waals surface area contributed by atoms with E-state index in [9.17, 15) is 18.8 Å². The van der Waals surface area contributed by atoms with Gasteiger partial charge < -0.3 is 16.0 Å². The van der Waals surface area contributed by atoms with Gasteiger partial charge in [0, 0.05) is 17.5 Å². The maximum absolute atomic E-state index is 14.1. The molecule has 6 nitrogen and oxygen atoms in total. The van der Waals surface area contributed by atoms with Crippen LogP contribution >= 0.6 is 0 Å². The molecule has 3 amide bonds. The maximum Gasteiger partial charge on any atom is 0.251 e. The summed E-state index contributed by atoms with van der Waals surface area (Å²) in [6, 6.07) is 1.76. The van der Waals surface area contributed by atoms with Gasteiger partial charge in [-0.05, 0) is 31.0 Å². The number of rotatable bonds is 3. The fourth-order valence-electron chi connectivity index (χ4n) is 2.25. The van der Waals surface area contributed by atoms with Crippen LogP contribution in [0.25, 0.3) is 0 Å². The first-order chi connectivity index (χ1) is 11.1. The molecule has 0 saturated carbocycles. The Morgan fingerprint density at radius 2 is 1.96 bits per heavy atom. The van der Waals surface area contributed by atoms with Crippen molar-refractivity contribution in [3.63, 3.8) is 0 Å². The third-order valence-corrected chi connectivity index (χ3v) is 3.80. The Balaban J connectivity index is 2.13. The number of benzene rings is 1. The van der Waals surface area contributed by atoms with Crippen molar-refractivity contribution in [2.24, 2.45) is 5.41 Å². The lowest BCUT2D eigenvalue weighted by Gasteiger charge is -2.22. The van der Waals surface area contributed by atoms with E-state index in [4.69, 9.17) is 0 Å². The molecular formula is C17H22FN3O3. The zero-order valence-corrected chi connectivity index (χ0v) is 14.2. The molecule has 7 heteroatoms. The fraction of sp³-hybridized carbons (Fsp3) is 0.471. The van der Waals surface area contributed by atoms with Crippen LogP contribution in [0.4, 0.5) is 10.1 Å². The van der Waals surface area contributed by atoms with Crippen molar-refractivity contribution in [3.8, 4) is 0 Å². The Labute approximate surface area is 140 Å². The molecule has 130 valence electrons. The van der Waals surface area contributed by atoms with E-state index in [-0.39, 0.29) is 17.5 Å². The van der Waals surface area contributed by atoms with Gasteiger partial charge in [-0.3, -0.25) is 14.4 Å². The van der Waals surface area contributed by atoms with Crippen LogP contribution in [0.1, 0.15) is 43.6 Å². The van der Waals surface area contributed by atoms with E-state index in [0.29, 0.717) is 24.1 Å². The highest BCUT2D eigenvalue weighted by Crippen LogP contribution is 2.23. The molecule has 0 spiro atoms. The van der Waals surface area contributed by atoms with E-state index < -0.39 is 23.2 Å². The van der Waals surface area contributed by atoms with Gasteiger partial charge in [0.1, 0.15) is 11.9 Å². The maximum atomic E-state index is 14.1. The first-order valence-corrected chi connectivity index (χ1v) is 7.82. The highest BCUT2D eigenvalue weighted by Gasteiger charge is 2.26. The van der Waals surface area contributed by atoms with Gasteiger partial charge in [-0.25, -0.2) is 4.39 Å². The van der Waals surface area contributed by atoms with Crippen LogP contribution in [-0.4, -0.2) is 30.3 Å².